The van der Waals surface area contributed by atoms with Gasteiger partial charge in [-0.25, -0.2) is 4.98 Å². The van der Waals surface area contributed by atoms with Crippen molar-refractivity contribution in [3.8, 4) is 22.8 Å². The predicted octanol–water partition coefficient (Wildman–Crippen LogP) is 4.37. The van der Waals surface area contributed by atoms with E-state index in [-0.39, 0.29) is 18.4 Å². The molecule has 2 N–H and O–H groups in total. The molecule has 0 radical (unpaired) electrons. The Hall–Kier alpha value is -2.47. The molecule has 2 bridgehead atoms. The van der Waals surface area contributed by atoms with Gasteiger partial charge in [0.15, 0.2) is 11.6 Å². The van der Waals surface area contributed by atoms with Gasteiger partial charge in [0.1, 0.15) is 6.54 Å². The standard InChI is InChI=1S/C24H23ClF3N5O2S/c25-20-7-3-14(4-8-20)21-29-22(31-30-21)16-2-1-15-10-18-5-6-19(11-17(15)9-16)23(18)12-33(13-24(26,27)28)36(34,35)32-23/h1-4,7-9,18-19,32H,5-6,10-13H2,(H,29,30,31). The van der Waals surface area contributed by atoms with Crippen molar-refractivity contribution in [3.63, 3.8) is 0 Å². The number of rotatable bonds is 3. The Balaban J connectivity index is 1.29. The largest absolute Gasteiger partial charge is 0.402 e. The van der Waals surface area contributed by atoms with Gasteiger partial charge in [-0.15, -0.1) is 0 Å². The summed E-state index contributed by atoms with van der Waals surface area (Å²) in [5, 5.41) is 7.95. The van der Waals surface area contributed by atoms with Crippen LogP contribution in [0.4, 0.5) is 13.2 Å². The molecule has 1 spiro atoms. The molecule has 2 fully saturated rings. The minimum absolute atomic E-state index is 0.0670. The number of fused-ring (bicyclic) bond motifs is 1. The molecule has 190 valence electrons. The highest BCUT2D eigenvalue weighted by molar-refractivity contribution is 7.87. The maximum Gasteiger partial charge on any atom is 0.402 e. The Labute approximate surface area is 211 Å². The lowest BCUT2D eigenvalue weighted by molar-refractivity contribution is -0.136. The number of benzene rings is 2. The second-order valence-electron chi connectivity index (χ2n) is 9.91. The number of halogens is 4. The molecule has 6 rings (SSSR count). The fraction of sp³-hybridized carbons (Fsp3) is 0.417. The predicted molar refractivity (Wildman–Crippen MR) is 128 cm³/mol. The summed E-state index contributed by atoms with van der Waals surface area (Å²) >= 11 is 5.97. The first-order valence-electron chi connectivity index (χ1n) is 11.7. The van der Waals surface area contributed by atoms with Crippen molar-refractivity contribution >= 4 is 21.8 Å². The quantitative estimate of drug-likeness (QED) is 0.519. The van der Waals surface area contributed by atoms with E-state index in [2.05, 4.69) is 19.9 Å². The van der Waals surface area contributed by atoms with E-state index < -0.39 is 28.5 Å². The van der Waals surface area contributed by atoms with E-state index in [1.54, 1.807) is 12.1 Å². The summed E-state index contributed by atoms with van der Waals surface area (Å²) in [6, 6.07) is 13.2. The number of hydrogen-bond acceptors (Lipinski definition) is 4. The van der Waals surface area contributed by atoms with Crippen molar-refractivity contribution in [3.05, 3.63) is 58.6 Å². The summed E-state index contributed by atoms with van der Waals surface area (Å²) in [6.07, 6.45) is -1.87. The number of aromatic nitrogens is 3. The van der Waals surface area contributed by atoms with Crippen molar-refractivity contribution in [2.45, 2.75) is 37.4 Å². The third kappa shape index (κ3) is 4.11. The van der Waals surface area contributed by atoms with Gasteiger partial charge in [-0.1, -0.05) is 23.7 Å². The normalized spacial score (nSPS) is 27.3. The van der Waals surface area contributed by atoms with Gasteiger partial charge in [0.25, 0.3) is 10.2 Å². The zero-order valence-electron chi connectivity index (χ0n) is 19.0. The molecule has 3 atom stereocenters. The number of nitrogens with zero attached hydrogens (tertiary/aromatic N) is 3. The van der Waals surface area contributed by atoms with E-state index in [1.165, 1.54) is 0 Å². The molecule has 2 aliphatic carbocycles. The van der Waals surface area contributed by atoms with Gasteiger partial charge in [-0.05, 0) is 79.0 Å². The van der Waals surface area contributed by atoms with E-state index >= 15 is 0 Å². The molecule has 0 amide bonds. The average molecular weight is 538 g/mol. The van der Waals surface area contributed by atoms with E-state index in [4.69, 9.17) is 11.6 Å². The highest BCUT2D eigenvalue weighted by Crippen LogP contribution is 2.50. The molecule has 3 unspecified atom stereocenters. The molecule has 2 heterocycles. The minimum atomic E-state index is -4.59. The summed E-state index contributed by atoms with van der Waals surface area (Å²) in [5.74, 6) is 0.982. The summed E-state index contributed by atoms with van der Waals surface area (Å²) in [6.45, 7) is -1.63. The lowest BCUT2D eigenvalue weighted by Gasteiger charge is -2.33. The van der Waals surface area contributed by atoms with Crippen LogP contribution in [0.25, 0.3) is 22.8 Å². The molecule has 1 saturated heterocycles. The van der Waals surface area contributed by atoms with Gasteiger partial charge < -0.3 is 0 Å². The third-order valence-electron chi connectivity index (χ3n) is 7.77. The fourth-order valence-electron chi connectivity index (χ4n) is 6.11. The Morgan fingerprint density at radius 3 is 2.39 bits per heavy atom. The molecule has 1 saturated carbocycles. The molecule has 1 aliphatic heterocycles. The van der Waals surface area contributed by atoms with E-state index in [1.807, 2.05) is 30.3 Å². The number of alkyl halides is 3. The second kappa shape index (κ2) is 8.27. The smallest absolute Gasteiger partial charge is 0.259 e. The first-order valence-corrected chi connectivity index (χ1v) is 13.5. The van der Waals surface area contributed by atoms with Crippen LogP contribution in [-0.2, 0) is 23.1 Å². The summed E-state index contributed by atoms with van der Waals surface area (Å²) in [4.78, 5) is 4.62. The van der Waals surface area contributed by atoms with Crippen LogP contribution in [0, 0.1) is 11.8 Å². The van der Waals surface area contributed by atoms with Gasteiger partial charge in [0, 0.05) is 22.7 Å². The molecule has 2 aromatic carbocycles. The average Bonchev–Trinajstić information content (AvgIpc) is 3.43. The van der Waals surface area contributed by atoms with Crippen molar-refractivity contribution in [2.75, 3.05) is 13.1 Å². The molecule has 36 heavy (non-hydrogen) atoms. The topological polar surface area (TPSA) is 91.0 Å². The second-order valence-corrected chi connectivity index (χ2v) is 12.0. The molecule has 3 aliphatic rings. The Bertz CT molecular complexity index is 1430. The van der Waals surface area contributed by atoms with Gasteiger partial charge in [0.05, 0.1) is 5.54 Å². The zero-order valence-corrected chi connectivity index (χ0v) is 20.6. The number of nitrogens with one attached hydrogen (secondary N) is 2. The van der Waals surface area contributed by atoms with Crippen molar-refractivity contribution in [2.24, 2.45) is 11.8 Å². The van der Waals surface area contributed by atoms with Crippen LogP contribution in [-0.4, -0.2) is 52.7 Å². The number of hydrogen-bond donors (Lipinski definition) is 2. The molecule has 7 nitrogen and oxygen atoms in total. The van der Waals surface area contributed by atoms with Crippen LogP contribution in [0.5, 0.6) is 0 Å². The number of aromatic amines is 1. The third-order valence-corrected chi connectivity index (χ3v) is 9.60. The van der Waals surface area contributed by atoms with Crippen LogP contribution in [0.15, 0.2) is 42.5 Å². The van der Waals surface area contributed by atoms with Crippen LogP contribution >= 0.6 is 11.6 Å². The molecular formula is C24H23ClF3N5O2S. The molecule has 12 heteroatoms. The maximum atomic E-state index is 13.1. The van der Waals surface area contributed by atoms with E-state index in [0.29, 0.717) is 33.8 Å². The van der Waals surface area contributed by atoms with Gasteiger partial charge >= 0.3 is 6.18 Å². The van der Waals surface area contributed by atoms with Crippen LogP contribution in [0.3, 0.4) is 0 Å². The summed E-state index contributed by atoms with van der Waals surface area (Å²) < 4.78 is 67.9. The van der Waals surface area contributed by atoms with Crippen molar-refractivity contribution in [1.82, 2.24) is 24.2 Å². The lowest BCUT2D eigenvalue weighted by Crippen LogP contribution is -2.52. The van der Waals surface area contributed by atoms with Crippen molar-refractivity contribution < 1.29 is 21.6 Å². The highest BCUT2D eigenvalue weighted by atomic mass is 35.5. The van der Waals surface area contributed by atoms with E-state index in [9.17, 15) is 21.6 Å². The van der Waals surface area contributed by atoms with Gasteiger partial charge in [0.2, 0.25) is 0 Å². The van der Waals surface area contributed by atoms with E-state index in [0.717, 1.165) is 35.1 Å². The van der Waals surface area contributed by atoms with Crippen molar-refractivity contribution in [1.29, 1.82) is 0 Å². The number of H-pyrrole nitrogens is 1. The maximum absolute atomic E-state index is 13.1. The summed E-state index contributed by atoms with van der Waals surface area (Å²) in [7, 11) is -4.20. The zero-order chi connectivity index (χ0) is 25.3. The Morgan fingerprint density at radius 1 is 1.03 bits per heavy atom. The first kappa shape index (κ1) is 23.9. The highest BCUT2D eigenvalue weighted by Gasteiger charge is 2.60. The van der Waals surface area contributed by atoms with Gasteiger partial charge in [-0.2, -0.15) is 35.7 Å². The minimum Gasteiger partial charge on any atom is -0.259 e. The van der Waals surface area contributed by atoms with Crippen LogP contribution in [0.2, 0.25) is 5.02 Å². The molecular weight excluding hydrogens is 515 g/mol. The Morgan fingerprint density at radius 2 is 1.69 bits per heavy atom. The van der Waals surface area contributed by atoms with Crippen LogP contribution < -0.4 is 4.72 Å². The fourth-order valence-corrected chi connectivity index (χ4v) is 7.94. The first-order chi connectivity index (χ1) is 17.0. The molecule has 1 aromatic heterocycles. The SMILES string of the molecule is O=S1(=O)NC2(CN1CC(F)(F)F)C1CCC2Cc2cc(-c3n[nH]c(-c4ccc(Cl)cc4)n3)ccc2C1. The summed E-state index contributed by atoms with van der Waals surface area (Å²) in [5.41, 5.74) is 2.93. The lowest BCUT2D eigenvalue weighted by atomic mass is 9.79. The van der Waals surface area contributed by atoms with Gasteiger partial charge in [-0.3, -0.25) is 5.10 Å². The van der Waals surface area contributed by atoms with Crippen LogP contribution in [0.1, 0.15) is 24.0 Å². The monoisotopic (exact) mass is 537 g/mol. The Kier molecular flexibility index (Phi) is 5.49. The molecule has 3 aromatic rings.